The molecule has 0 saturated carbocycles. The van der Waals surface area contributed by atoms with Gasteiger partial charge in [0.2, 0.25) is 11.8 Å². The smallest absolute Gasteiger partial charge is 0.0937 e. The maximum absolute atomic E-state index is 5.78. The van der Waals surface area contributed by atoms with Gasteiger partial charge in [-0.1, -0.05) is 104 Å². The van der Waals surface area contributed by atoms with E-state index in [1.54, 1.807) is 0 Å². The molecule has 0 heterocycles. The van der Waals surface area contributed by atoms with Gasteiger partial charge in [0.15, 0.2) is 4.33 Å². The van der Waals surface area contributed by atoms with Gasteiger partial charge in [-0.25, -0.2) is 0 Å². The quantitative estimate of drug-likeness (QED) is 0.444. The molecule has 0 fully saturated rings. The lowest BCUT2D eigenvalue weighted by Crippen LogP contribution is -2.54. The van der Waals surface area contributed by atoms with Crippen molar-refractivity contribution in [2.75, 3.05) is 0 Å². The summed E-state index contributed by atoms with van der Waals surface area (Å²) >= 11 is 50.9. The first-order valence-electron chi connectivity index (χ1n) is 2.81. The lowest BCUT2D eigenvalue weighted by atomic mass is 10.3. The van der Waals surface area contributed by atoms with Crippen molar-refractivity contribution in [1.29, 1.82) is 0 Å². The zero-order valence-electron chi connectivity index (χ0n) is 6.19. The van der Waals surface area contributed by atoms with Crippen molar-refractivity contribution in [2.24, 2.45) is 0 Å². The Kier molecular flexibility index (Phi) is 6.94. The largest absolute Gasteiger partial charge is 0.226 e. The van der Waals surface area contributed by atoms with Crippen LogP contribution < -0.4 is 0 Å². The molecule has 0 aromatic carbocycles. The molecule has 0 aliphatic rings. The molecule has 11 heteroatoms. The van der Waals surface area contributed by atoms with E-state index in [4.69, 9.17) is 115 Å². The average Bonchev–Trinajstić information content (AvgIpc) is 2.01. The van der Waals surface area contributed by atoms with Crippen LogP contribution in [0.1, 0.15) is 0 Å². The second-order valence-corrected chi connectivity index (χ2v) is 10.2. The lowest BCUT2D eigenvalue weighted by molar-refractivity contribution is 0.678. The van der Waals surface area contributed by atoms with E-state index in [1.807, 2.05) is 0 Å². The zero-order valence-corrected chi connectivity index (χ0v) is 14.6. The Hall–Kier alpha value is 3.25. The fraction of sp³-hybridized carbons (Fsp3) is 1.00. The van der Waals surface area contributed by atoms with Gasteiger partial charge in [-0.3, -0.25) is 0 Å². The van der Waals surface area contributed by atoms with Crippen LogP contribution >= 0.6 is 126 Å². The van der Waals surface area contributed by atoms with E-state index in [0.717, 1.165) is 0 Å². The maximum atomic E-state index is 5.78. The van der Waals surface area contributed by atoms with E-state index in [0.29, 0.717) is 11.0 Å². The van der Waals surface area contributed by atoms with Crippen LogP contribution in [0.15, 0.2) is 0 Å². The molecule has 0 bridgehead atoms. The van der Waals surface area contributed by atoms with E-state index in [2.05, 4.69) is 0 Å². The van der Waals surface area contributed by atoms with E-state index in [-0.39, 0.29) is 0 Å². The van der Waals surface area contributed by atoms with Crippen LogP contribution in [-0.2, 0) is 0 Å². The Morgan fingerprint density at radius 1 is 0.600 bits per heavy atom. The molecule has 0 aliphatic carbocycles. The highest BCUT2D eigenvalue weighted by atomic mass is 35.7. The van der Waals surface area contributed by atoms with Gasteiger partial charge in [-0.2, -0.15) is 0 Å². The monoisotopic (exact) mass is 430 g/mol. The summed E-state index contributed by atoms with van der Waals surface area (Å²) in [5.74, 6) is 0. The third-order valence-corrected chi connectivity index (χ3v) is 8.61. The maximum Gasteiger partial charge on any atom is 0.226 e. The van der Waals surface area contributed by atoms with Crippen LogP contribution in [0.4, 0.5) is 0 Å². The summed E-state index contributed by atoms with van der Waals surface area (Å²) in [6, 6.07) is 0. The molecule has 0 radical (unpaired) electrons. The second-order valence-electron chi connectivity index (χ2n) is 2.24. The summed E-state index contributed by atoms with van der Waals surface area (Å²) in [5.41, 5.74) is 0. The Balaban J connectivity index is 5.38. The molecule has 0 N–H and O–H groups in total. The van der Waals surface area contributed by atoms with Crippen molar-refractivity contribution in [3.05, 3.63) is 0 Å². The van der Waals surface area contributed by atoms with Crippen LogP contribution in [-0.4, -0.2) is 16.1 Å². The molecular formula is C4Cl10S. The fourth-order valence-corrected chi connectivity index (χ4v) is 3.35. The van der Waals surface area contributed by atoms with Gasteiger partial charge in [0.1, 0.15) is 0 Å². The van der Waals surface area contributed by atoms with Crippen molar-refractivity contribution in [1.82, 2.24) is 0 Å². The molecule has 0 aromatic heterocycles. The third kappa shape index (κ3) is 3.63. The molecule has 0 rings (SSSR count). The number of halogens is 10. The summed E-state index contributed by atoms with van der Waals surface area (Å²) in [4.78, 5) is 0. The summed E-state index contributed by atoms with van der Waals surface area (Å²) in [5, 5.41) is 0. The summed E-state index contributed by atoms with van der Waals surface area (Å²) in [7, 11) is 5.74. The van der Waals surface area contributed by atoms with Gasteiger partial charge in [0, 0.05) is 0 Å². The highest BCUT2D eigenvalue weighted by Gasteiger charge is 2.68. The van der Waals surface area contributed by atoms with Gasteiger partial charge in [0.25, 0.3) is 0 Å². The molecule has 0 spiro atoms. The van der Waals surface area contributed by atoms with Gasteiger partial charge >= 0.3 is 0 Å². The topological polar surface area (TPSA) is 0 Å². The third-order valence-electron chi connectivity index (χ3n) is 1.21. The van der Waals surface area contributed by atoms with E-state index in [1.165, 1.54) is 0 Å². The molecular weight excluding hydrogens is 435 g/mol. The Labute approximate surface area is 140 Å². The molecule has 0 unspecified atom stereocenters. The molecule has 0 nitrogen and oxygen atoms in total. The standard InChI is InChI=1S/C4Cl10S/c5-1(6,3(9,10)11)2(7,8)4(12,13)15-14. The first-order valence-corrected chi connectivity index (χ1v) is 7.85. The fourth-order valence-electron chi connectivity index (χ4n) is 0.409. The number of hydrogen-bond acceptors (Lipinski definition) is 1. The first-order chi connectivity index (χ1) is 6.31. The lowest BCUT2D eigenvalue weighted by Gasteiger charge is -2.42. The van der Waals surface area contributed by atoms with Crippen LogP contribution in [0.2, 0.25) is 0 Å². The van der Waals surface area contributed by atoms with Crippen molar-refractivity contribution < 1.29 is 0 Å². The zero-order chi connectivity index (χ0) is 12.7. The van der Waals surface area contributed by atoms with Crippen LogP contribution in [0.25, 0.3) is 0 Å². The van der Waals surface area contributed by atoms with Crippen LogP contribution in [0, 0.1) is 0 Å². The number of alkyl halides is 9. The van der Waals surface area contributed by atoms with Gasteiger partial charge in [0.05, 0.1) is 0 Å². The van der Waals surface area contributed by atoms with E-state index in [9.17, 15) is 0 Å². The summed E-state index contributed by atoms with van der Waals surface area (Å²) in [6.07, 6.45) is 0. The molecule has 0 aliphatic heterocycles. The van der Waals surface area contributed by atoms with E-state index < -0.39 is 16.1 Å². The van der Waals surface area contributed by atoms with Gasteiger partial charge in [-0.15, -0.1) is 0 Å². The minimum atomic E-state index is -2.28. The molecule has 0 aromatic rings. The minimum absolute atomic E-state index is 0.371. The minimum Gasteiger partial charge on any atom is -0.0937 e. The molecule has 0 atom stereocenters. The molecule has 15 heavy (non-hydrogen) atoms. The van der Waals surface area contributed by atoms with Crippen molar-refractivity contribution in [3.8, 4) is 0 Å². The predicted octanol–water partition coefficient (Wildman–Crippen LogP) is 6.72. The molecule has 0 saturated heterocycles. The van der Waals surface area contributed by atoms with Gasteiger partial charge < -0.3 is 0 Å². The second kappa shape index (κ2) is 5.71. The predicted molar refractivity (Wildman–Crippen MR) is 77.0 cm³/mol. The summed E-state index contributed by atoms with van der Waals surface area (Å²) in [6.45, 7) is 0. The highest BCUT2D eigenvalue weighted by Crippen LogP contribution is 2.65. The number of rotatable bonds is 3. The Bertz CT molecular complexity index is 228. The number of hydrogen-bond donors (Lipinski definition) is 0. The van der Waals surface area contributed by atoms with Gasteiger partial charge in [-0.05, 0) is 21.7 Å². The highest BCUT2D eigenvalue weighted by molar-refractivity contribution is 8.24. The Morgan fingerprint density at radius 3 is 1.13 bits per heavy atom. The van der Waals surface area contributed by atoms with Crippen LogP contribution in [0.5, 0.6) is 0 Å². The van der Waals surface area contributed by atoms with E-state index >= 15 is 0 Å². The van der Waals surface area contributed by atoms with Crippen molar-refractivity contribution in [2.45, 2.75) is 16.1 Å². The van der Waals surface area contributed by atoms with Crippen molar-refractivity contribution in [3.63, 3.8) is 0 Å². The summed E-state index contributed by atoms with van der Waals surface area (Å²) < 4.78 is -8.71. The first kappa shape index (κ1) is 18.2. The Morgan fingerprint density at radius 2 is 0.933 bits per heavy atom. The van der Waals surface area contributed by atoms with Crippen LogP contribution in [0.3, 0.4) is 0 Å². The molecule has 0 amide bonds. The molecule has 92 valence electrons. The SMILES string of the molecule is ClSC(Cl)(Cl)C(Cl)(Cl)C(Cl)(Cl)C(Cl)(Cl)Cl. The van der Waals surface area contributed by atoms with Crippen molar-refractivity contribution >= 4 is 126 Å². The average molecular weight is 435 g/mol. The normalized spacial score (nSPS) is 15.6.